The number of nitrogens with zero attached hydrogens (tertiary/aromatic N) is 6. The molecule has 0 radical (unpaired) electrons. The number of nitrogens with two attached hydrogens (primary N) is 1. The van der Waals surface area contributed by atoms with Gasteiger partial charge in [-0.05, 0) is 12.1 Å². The van der Waals surface area contributed by atoms with Crippen molar-refractivity contribution in [2.45, 2.75) is 6.54 Å². The molecular weight excluding hydrogens is 272 g/mol. The third-order valence-electron chi connectivity index (χ3n) is 2.79. The summed E-state index contributed by atoms with van der Waals surface area (Å²) in [6, 6.07) is 3.67. The maximum Gasteiger partial charge on any atom is 0.257 e. The Kier molecular flexibility index (Phi) is 3.48. The molecule has 3 heterocycles. The minimum absolute atomic E-state index is 0.268. The maximum absolute atomic E-state index is 5.41. The first-order valence-electron chi connectivity index (χ1n) is 6.21. The van der Waals surface area contributed by atoms with Crippen LogP contribution >= 0.6 is 0 Å². The van der Waals surface area contributed by atoms with Gasteiger partial charge in [-0.1, -0.05) is 0 Å². The van der Waals surface area contributed by atoms with E-state index in [4.69, 9.17) is 10.3 Å². The van der Waals surface area contributed by atoms with Crippen LogP contribution in [-0.2, 0) is 6.54 Å². The summed E-state index contributed by atoms with van der Waals surface area (Å²) in [5.74, 6) is 6.54. The van der Waals surface area contributed by atoms with Gasteiger partial charge in [0.25, 0.3) is 5.95 Å². The Hall–Kier alpha value is -2.94. The molecule has 0 aliphatic rings. The van der Waals surface area contributed by atoms with E-state index in [9.17, 15) is 0 Å². The fourth-order valence-electron chi connectivity index (χ4n) is 1.81. The summed E-state index contributed by atoms with van der Waals surface area (Å²) in [5, 5.41) is 4.10. The van der Waals surface area contributed by atoms with E-state index in [0.29, 0.717) is 18.4 Å². The van der Waals surface area contributed by atoms with Gasteiger partial charge in [0.05, 0.1) is 12.5 Å². The first-order valence-corrected chi connectivity index (χ1v) is 6.21. The first-order chi connectivity index (χ1) is 10.3. The van der Waals surface area contributed by atoms with Crippen LogP contribution < -0.4 is 16.2 Å². The molecule has 3 rings (SSSR count). The van der Waals surface area contributed by atoms with Gasteiger partial charge in [-0.25, -0.2) is 10.5 Å². The molecule has 0 saturated heterocycles. The molecule has 108 valence electrons. The zero-order valence-corrected chi connectivity index (χ0v) is 11.3. The van der Waals surface area contributed by atoms with Crippen molar-refractivity contribution >= 4 is 11.9 Å². The molecule has 3 aromatic heterocycles. The summed E-state index contributed by atoms with van der Waals surface area (Å²) in [6.45, 7) is 0.600. The van der Waals surface area contributed by atoms with E-state index in [1.54, 1.807) is 31.0 Å². The zero-order chi connectivity index (χ0) is 14.7. The summed E-state index contributed by atoms with van der Waals surface area (Å²) < 4.78 is 6.59. The van der Waals surface area contributed by atoms with Gasteiger partial charge >= 0.3 is 0 Å². The molecular formula is C12H14N8O. The van der Waals surface area contributed by atoms with Crippen LogP contribution in [0.4, 0.5) is 11.9 Å². The quantitative estimate of drug-likeness (QED) is 0.517. The highest BCUT2D eigenvalue weighted by Crippen LogP contribution is 2.14. The fourth-order valence-corrected chi connectivity index (χ4v) is 1.81. The molecule has 0 fully saturated rings. The predicted molar refractivity (Wildman–Crippen MR) is 75.6 cm³/mol. The largest absolute Gasteiger partial charge is 0.472 e. The number of anilines is 2. The van der Waals surface area contributed by atoms with E-state index in [0.717, 1.165) is 5.56 Å². The SMILES string of the molecule is CN(Cc1ccoc1)c1nc(NN)nc(-n2cccn2)n1. The van der Waals surface area contributed by atoms with Gasteiger partial charge in [0.2, 0.25) is 11.9 Å². The summed E-state index contributed by atoms with van der Waals surface area (Å²) in [5.41, 5.74) is 3.45. The standard InChI is InChI=1S/C12H14N8O/c1-19(7-9-3-6-21-8-9)11-15-10(18-13)16-12(17-11)20-5-2-4-14-20/h2-6,8H,7,13H2,1H3,(H,15,16,17,18). The second kappa shape index (κ2) is 5.59. The van der Waals surface area contributed by atoms with Crippen LogP contribution in [0.1, 0.15) is 5.56 Å². The van der Waals surface area contributed by atoms with Crippen LogP contribution in [0.5, 0.6) is 0 Å². The fraction of sp³-hybridized carbons (Fsp3) is 0.167. The highest BCUT2D eigenvalue weighted by Gasteiger charge is 2.12. The van der Waals surface area contributed by atoms with Gasteiger partial charge in [-0.15, -0.1) is 0 Å². The van der Waals surface area contributed by atoms with Crippen molar-refractivity contribution in [1.82, 2.24) is 24.7 Å². The van der Waals surface area contributed by atoms with Crippen LogP contribution in [-0.4, -0.2) is 31.8 Å². The summed E-state index contributed by atoms with van der Waals surface area (Å²) >= 11 is 0. The molecule has 0 aliphatic carbocycles. The third-order valence-corrected chi connectivity index (χ3v) is 2.79. The Morgan fingerprint density at radius 1 is 1.38 bits per heavy atom. The zero-order valence-electron chi connectivity index (χ0n) is 11.3. The lowest BCUT2D eigenvalue weighted by molar-refractivity contribution is 0.563. The second-order valence-corrected chi connectivity index (χ2v) is 4.34. The topological polar surface area (TPSA) is 111 Å². The molecule has 0 aromatic carbocycles. The Bertz CT molecular complexity index is 694. The molecule has 0 aliphatic heterocycles. The number of nitrogens with one attached hydrogen (secondary N) is 1. The Morgan fingerprint density at radius 3 is 2.95 bits per heavy atom. The minimum atomic E-state index is 0.268. The van der Waals surface area contributed by atoms with E-state index in [1.807, 2.05) is 18.0 Å². The van der Waals surface area contributed by atoms with E-state index < -0.39 is 0 Å². The smallest absolute Gasteiger partial charge is 0.257 e. The van der Waals surface area contributed by atoms with E-state index in [2.05, 4.69) is 25.5 Å². The first kappa shape index (κ1) is 13.1. The van der Waals surface area contributed by atoms with Crippen molar-refractivity contribution in [1.29, 1.82) is 0 Å². The minimum Gasteiger partial charge on any atom is -0.472 e. The number of rotatable bonds is 5. The Morgan fingerprint density at radius 2 is 2.29 bits per heavy atom. The molecule has 3 N–H and O–H groups in total. The number of furan rings is 1. The molecule has 9 heteroatoms. The van der Waals surface area contributed by atoms with Crippen molar-refractivity contribution in [3.63, 3.8) is 0 Å². The van der Waals surface area contributed by atoms with Crippen molar-refractivity contribution in [3.05, 3.63) is 42.6 Å². The molecule has 3 aromatic rings. The van der Waals surface area contributed by atoms with E-state index in [-0.39, 0.29) is 5.95 Å². The van der Waals surface area contributed by atoms with Gasteiger partial charge in [0.15, 0.2) is 0 Å². The van der Waals surface area contributed by atoms with Gasteiger partial charge in [-0.3, -0.25) is 5.43 Å². The van der Waals surface area contributed by atoms with Crippen LogP contribution in [0.15, 0.2) is 41.5 Å². The number of hydrogen-bond acceptors (Lipinski definition) is 8. The molecule has 0 atom stereocenters. The summed E-state index contributed by atoms with van der Waals surface area (Å²) in [6.07, 6.45) is 6.69. The van der Waals surface area contributed by atoms with Crippen molar-refractivity contribution in [2.75, 3.05) is 17.4 Å². The molecule has 0 bridgehead atoms. The monoisotopic (exact) mass is 286 g/mol. The molecule has 0 amide bonds. The van der Waals surface area contributed by atoms with Gasteiger partial charge in [0, 0.05) is 31.5 Å². The number of nitrogen functional groups attached to an aromatic ring is 1. The normalized spacial score (nSPS) is 10.6. The predicted octanol–water partition coefficient (Wildman–Crippen LogP) is 0.572. The van der Waals surface area contributed by atoms with Crippen LogP contribution in [0.3, 0.4) is 0 Å². The number of aromatic nitrogens is 5. The lowest BCUT2D eigenvalue weighted by Gasteiger charge is -2.17. The van der Waals surface area contributed by atoms with Crippen LogP contribution in [0, 0.1) is 0 Å². The summed E-state index contributed by atoms with van der Waals surface area (Å²) in [4.78, 5) is 14.7. The number of hydrogen-bond donors (Lipinski definition) is 2. The van der Waals surface area contributed by atoms with E-state index in [1.165, 1.54) is 4.68 Å². The van der Waals surface area contributed by atoms with Crippen molar-refractivity contribution in [2.24, 2.45) is 5.84 Å². The molecule has 0 saturated carbocycles. The van der Waals surface area contributed by atoms with Gasteiger partial charge in [0.1, 0.15) is 0 Å². The average molecular weight is 286 g/mol. The number of hydrazine groups is 1. The Labute approximate surface area is 120 Å². The molecule has 21 heavy (non-hydrogen) atoms. The third kappa shape index (κ3) is 2.82. The molecule has 0 unspecified atom stereocenters. The highest BCUT2D eigenvalue weighted by molar-refractivity contribution is 5.39. The highest BCUT2D eigenvalue weighted by atomic mass is 16.3. The van der Waals surface area contributed by atoms with E-state index >= 15 is 0 Å². The van der Waals surface area contributed by atoms with Crippen LogP contribution in [0.2, 0.25) is 0 Å². The average Bonchev–Trinajstić information content (AvgIpc) is 3.20. The summed E-state index contributed by atoms with van der Waals surface area (Å²) in [7, 11) is 1.87. The van der Waals surface area contributed by atoms with Crippen LogP contribution in [0.25, 0.3) is 5.95 Å². The molecule has 9 nitrogen and oxygen atoms in total. The van der Waals surface area contributed by atoms with Gasteiger partial charge in [-0.2, -0.15) is 20.1 Å². The maximum atomic E-state index is 5.41. The lowest BCUT2D eigenvalue weighted by Crippen LogP contribution is -2.22. The lowest BCUT2D eigenvalue weighted by atomic mass is 10.3. The van der Waals surface area contributed by atoms with Gasteiger partial charge < -0.3 is 9.32 Å². The second-order valence-electron chi connectivity index (χ2n) is 4.34. The van der Waals surface area contributed by atoms with Crippen molar-refractivity contribution in [3.8, 4) is 5.95 Å². The Balaban J connectivity index is 1.92. The molecule has 0 spiro atoms. The van der Waals surface area contributed by atoms with Crippen molar-refractivity contribution < 1.29 is 4.42 Å².